The van der Waals surface area contributed by atoms with Crippen LogP contribution in [0.25, 0.3) is 0 Å². The molecule has 78 valence electrons. The van der Waals surface area contributed by atoms with Crippen LogP contribution in [0.15, 0.2) is 6.07 Å². The van der Waals surface area contributed by atoms with Gasteiger partial charge in [-0.05, 0) is 6.42 Å². The molecule has 0 unspecified atom stereocenters. The summed E-state index contributed by atoms with van der Waals surface area (Å²) >= 11 is 0. The van der Waals surface area contributed by atoms with Crippen molar-refractivity contribution in [3.63, 3.8) is 0 Å². The highest BCUT2D eigenvalue weighted by atomic mass is 19.1. The van der Waals surface area contributed by atoms with Crippen molar-refractivity contribution in [1.29, 1.82) is 0 Å². The van der Waals surface area contributed by atoms with Gasteiger partial charge in [0, 0.05) is 12.6 Å². The molecule has 1 N–H and O–H groups in total. The molecule has 0 aliphatic rings. The van der Waals surface area contributed by atoms with Crippen LogP contribution in [0, 0.1) is 11.9 Å². The minimum absolute atomic E-state index is 0.0126. The third-order valence-corrected chi connectivity index (χ3v) is 1.73. The zero-order valence-corrected chi connectivity index (χ0v) is 8.06. The Hall–Kier alpha value is -1.26. The van der Waals surface area contributed by atoms with Gasteiger partial charge in [0.2, 0.25) is 17.8 Å². The topological polar surface area (TPSA) is 37.8 Å². The minimum Gasteiger partial charge on any atom is -0.354 e. The Morgan fingerprint density at radius 1 is 1.21 bits per heavy atom. The van der Waals surface area contributed by atoms with Crippen LogP contribution in [0.5, 0.6) is 0 Å². The Kier molecular flexibility index (Phi) is 4.22. The maximum absolute atomic E-state index is 12.6. The van der Waals surface area contributed by atoms with E-state index in [0.29, 0.717) is 12.6 Å². The van der Waals surface area contributed by atoms with Gasteiger partial charge in [-0.15, -0.1) is 0 Å². The molecule has 0 bridgehead atoms. The lowest BCUT2D eigenvalue weighted by atomic mass is 10.2. The maximum Gasteiger partial charge on any atom is 0.228 e. The molecule has 0 amide bonds. The molecule has 14 heavy (non-hydrogen) atoms. The molecule has 3 nitrogen and oxygen atoms in total. The van der Waals surface area contributed by atoms with Crippen molar-refractivity contribution >= 4 is 5.95 Å². The fourth-order valence-corrected chi connectivity index (χ4v) is 1.04. The van der Waals surface area contributed by atoms with E-state index in [0.717, 1.165) is 19.3 Å². The van der Waals surface area contributed by atoms with Gasteiger partial charge in [0.25, 0.3) is 0 Å². The number of anilines is 1. The van der Waals surface area contributed by atoms with Gasteiger partial charge in [-0.2, -0.15) is 18.7 Å². The quantitative estimate of drug-likeness (QED) is 0.587. The first-order valence-electron chi connectivity index (χ1n) is 4.66. The maximum atomic E-state index is 12.6. The normalized spacial score (nSPS) is 10.2. The van der Waals surface area contributed by atoms with E-state index in [-0.39, 0.29) is 5.95 Å². The number of halogens is 2. The Bertz CT molecular complexity index is 271. The second kappa shape index (κ2) is 5.47. The summed E-state index contributed by atoms with van der Waals surface area (Å²) in [5.41, 5.74) is 0. The van der Waals surface area contributed by atoms with Crippen molar-refractivity contribution in [2.45, 2.75) is 26.2 Å². The lowest BCUT2D eigenvalue weighted by Gasteiger charge is -2.03. The van der Waals surface area contributed by atoms with E-state index < -0.39 is 11.9 Å². The molecule has 0 aromatic carbocycles. The van der Waals surface area contributed by atoms with E-state index in [1.165, 1.54) is 0 Å². The molecule has 0 aliphatic heterocycles. The number of hydrogen-bond acceptors (Lipinski definition) is 3. The molecular weight excluding hydrogens is 188 g/mol. The van der Waals surface area contributed by atoms with E-state index in [4.69, 9.17) is 0 Å². The van der Waals surface area contributed by atoms with Crippen molar-refractivity contribution in [2.75, 3.05) is 11.9 Å². The molecule has 1 aromatic heterocycles. The minimum atomic E-state index is -0.851. The molecule has 1 aromatic rings. The third-order valence-electron chi connectivity index (χ3n) is 1.73. The van der Waals surface area contributed by atoms with Gasteiger partial charge >= 0.3 is 0 Å². The van der Waals surface area contributed by atoms with Crippen LogP contribution in [0.3, 0.4) is 0 Å². The van der Waals surface area contributed by atoms with E-state index in [1.807, 2.05) is 0 Å². The van der Waals surface area contributed by atoms with Crippen LogP contribution in [0.4, 0.5) is 14.7 Å². The third kappa shape index (κ3) is 3.64. The second-order valence-electron chi connectivity index (χ2n) is 2.97. The Balaban J connectivity index is 2.42. The highest BCUT2D eigenvalue weighted by Crippen LogP contribution is 2.03. The first-order valence-corrected chi connectivity index (χ1v) is 4.66. The Morgan fingerprint density at radius 2 is 1.86 bits per heavy atom. The molecule has 0 spiro atoms. The molecule has 0 fully saturated rings. The molecule has 1 rings (SSSR count). The summed E-state index contributed by atoms with van der Waals surface area (Å²) in [6, 6.07) is 0.650. The fourth-order valence-electron chi connectivity index (χ4n) is 1.04. The highest BCUT2D eigenvalue weighted by molar-refractivity contribution is 5.22. The van der Waals surface area contributed by atoms with Crippen molar-refractivity contribution < 1.29 is 8.78 Å². The van der Waals surface area contributed by atoms with Gasteiger partial charge in [0.1, 0.15) is 0 Å². The highest BCUT2D eigenvalue weighted by Gasteiger charge is 2.02. The number of rotatable bonds is 5. The molecule has 0 saturated heterocycles. The summed E-state index contributed by atoms with van der Waals surface area (Å²) in [6.07, 6.45) is 3.11. The molecular formula is C9H13F2N3. The SMILES string of the molecule is CCCCCNc1nc(F)cc(F)n1. The lowest BCUT2D eigenvalue weighted by molar-refractivity contribution is 0.527. The molecule has 0 radical (unpaired) electrons. The molecule has 5 heteroatoms. The first kappa shape index (κ1) is 10.8. The number of aromatic nitrogens is 2. The zero-order chi connectivity index (χ0) is 10.4. The van der Waals surface area contributed by atoms with Gasteiger partial charge in [0.05, 0.1) is 0 Å². The second-order valence-corrected chi connectivity index (χ2v) is 2.97. The van der Waals surface area contributed by atoms with Gasteiger partial charge in [0.15, 0.2) is 0 Å². The first-order chi connectivity index (χ1) is 6.72. The Morgan fingerprint density at radius 3 is 2.43 bits per heavy atom. The van der Waals surface area contributed by atoms with Crippen LogP contribution in [0.2, 0.25) is 0 Å². The number of unbranched alkanes of at least 4 members (excludes halogenated alkanes) is 2. The van der Waals surface area contributed by atoms with Gasteiger partial charge < -0.3 is 5.32 Å². The predicted octanol–water partition coefficient (Wildman–Crippen LogP) is 2.36. The average Bonchev–Trinajstić information content (AvgIpc) is 2.11. The summed E-state index contributed by atoms with van der Waals surface area (Å²) in [4.78, 5) is 6.81. The van der Waals surface area contributed by atoms with Crippen molar-refractivity contribution in [2.24, 2.45) is 0 Å². The summed E-state index contributed by atoms with van der Waals surface area (Å²) in [6.45, 7) is 2.72. The Labute approximate surface area is 81.6 Å². The molecule has 1 heterocycles. The van der Waals surface area contributed by atoms with E-state index in [9.17, 15) is 8.78 Å². The largest absolute Gasteiger partial charge is 0.354 e. The van der Waals surface area contributed by atoms with Crippen LogP contribution in [-0.4, -0.2) is 16.5 Å². The van der Waals surface area contributed by atoms with E-state index in [1.54, 1.807) is 0 Å². The number of hydrogen-bond donors (Lipinski definition) is 1. The van der Waals surface area contributed by atoms with Crippen LogP contribution < -0.4 is 5.32 Å². The fraction of sp³-hybridized carbons (Fsp3) is 0.556. The molecule has 0 atom stereocenters. The van der Waals surface area contributed by atoms with Crippen LogP contribution in [-0.2, 0) is 0 Å². The molecule has 0 saturated carbocycles. The summed E-state index contributed by atoms with van der Waals surface area (Å²) in [5.74, 6) is -1.69. The lowest BCUT2D eigenvalue weighted by Crippen LogP contribution is -2.07. The zero-order valence-electron chi connectivity index (χ0n) is 8.06. The van der Waals surface area contributed by atoms with Gasteiger partial charge in [-0.1, -0.05) is 19.8 Å². The summed E-state index contributed by atoms with van der Waals surface area (Å²) in [7, 11) is 0. The number of nitrogens with one attached hydrogen (secondary N) is 1. The van der Waals surface area contributed by atoms with Crippen molar-refractivity contribution in [3.8, 4) is 0 Å². The van der Waals surface area contributed by atoms with Gasteiger partial charge in [-0.3, -0.25) is 0 Å². The van der Waals surface area contributed by atoms with Crippen molar-refractivity contribution in [3.05, 3.63) is 18.0 Å². The van der Waals surface area contributed by atoms with E-state index >= 15 is 0 Å². The molecule has 0 aliphatic carbocycles. The smallest absolute Gasteiger partial charge is 0.228 e. The number of nitrogens with zero attached hydrogens (tertiary/aromatic N) is 2. The monoisotopic (exact) mass is 201 g/mol. The van der Waals surface area contributed by atoms with E-state index in [2.05, 4.69) is 22.2 Å². The van der Waals surface area contributed by atoms with Crippen molar-refractivity contribution in [1.82, 2.24) is 9.97 Å². The standard InChI is InChI=1S/C9H13F2N3/c1-2-3-4-5-12-9-13-7(10)6-8(11)14-9/h6H,2-5H2,1H3,(H,12,13,14). The summed E-state index contributed by atoms with van der Waals surface area (Å²) < 4.78 is 25.1. The summed E-state index contributed by atoms with van der Waals surface area (Å²) in [5, 5.41) is 2.76. The van der Waals surface area contributed by atoms with Crippen LogP contribution >= 0.6 is 0 Å². The van der Waals surface area contributed by atoms with Gasteiger partial charge in [-0.25, -0.2) is 0 Å². The predicted molar refractivity (Wildman–Crippen MR) is 50.0 cm³/mol. The van der Waals surface area contributed by atoms with Crippen LogP contribution in [0.1, 0.15) is 26.2 Å². The average molecular weight is 201 g/mol.